The van der Waals surface area contributed by atoms with E-state index in [1.807, 2.05) is 6.07 Å². The third-order valence-corrected chi connectivity index (χ3v) is 4.83. The number of hydrogen-bond acceptors (Lipinski definition) is 3. The number of ether oxygens (including phenoxy) is 1. The Balaban J connectivity index is 1.40. The Morgan fingerprint density at radius 2 is 2.09 bits per heavy atom. The van der Waals surface area contributed by atoms with Crippen LogP contribution in [0, 0.1) is 5.41 Å². The summed E-state index contributed by atoms with van der Waals surface area (Å²) in [5.74, 6) is -1.36. The predicted molar refractivity (Wildman–Crippen MR) is 85.0 cm³/mol. The summed E-state index contributed by atoms with van der Waals surface area (Å²) in [7, 11) is 0. The maximum atomic E-state index is 11.9. The molecule has 1 amide bonds. The van der Waals surface area contributed by atoms with Crippen molar-refractivity contribution >= 4 is 11.9 Å². The van der Waals surface area contributed by atoms with Gasteiger partial charge in [0.2, 0.25) is 5.91 Å². The highest BCUT2D eigenvalue weighted by atomic mass is 16.5. The zero-order valence-electron chi connectivity index (χ0n) is 13.2. The molecule has 2 N–H and O–H groups in total. The van der Waals surface area contributed by atoms with Crippen LogP contribution in [0.25, 0.3) is 0 Å². The zero-order valence-corrected chi connectivity index (χ0v) is 13.2. The molecule has 3 rings (SSSR count). The largest absolute Gasteiger partial charge is 0.480 e. The van der Waals surface area contributed by atoms with Crippen molar-refractivity contribution in [3.05, 3.63) is 35.4 Å². The van der Waals surface area contributed by atoms with E-state index in [1.165, 1.54) is 11.1 Å². The number of nitrogens with one attached hydrogen (secondary N) is 1. The van der Waals surface area contributed by atoms with Gasteiger partial charge in [-0.15, -0.1) is 0 Å². The smallest absolute Gasteiger partial charge is 0.319 e. The molecule has 5 heteroatoms. The molecule has 0 heterocycles. The molecule has 23 heavy (non-hydrogen) atoms. The minimum absolute atomic E-state index is 0.143. The van der Waals surface area contributed by atoms with Crippen LogP contribution in [0.2, 0.25) is 0 Å². The Morgan fingerprint density at radius 3 is 2.83 bits per heavy atom. The minimum Gasteiger partial charge on any atom is -0.480 e. The second-order valence-corrected chi connectivity index (χ2v) is 6.45. The third-order valence-electron chi connectivity index (χ3n) is 4.83. The molecule has 2 aliphatic carbocycles. The average molecular weight is 317 g/mol. The highest BCUT2D eigenvalue weighted by Crippen LogP contribution is 2.46. The predicted octanol–water partition coefficient (Wildman–Crippen LogP) is 2.45. The lowest BCUT2D eigenvalue weighted by atomic mass is 9.89. The summed E-state index contributed by atoms with van der Waals surface area (Å²) in [5, 5.41) is 11.8. The summed E-state index contributed by atoms with van der Waals surface area (Å²) >= 11 is 0. The Kier molecular flexibility index (Phi) is 4.66. The van der Waals surface area contributed by atoms with Gasteiger partial charge in [0.05, 0.1) is 6.10 Å². The number of aliphatic carboxylic acids is 1. The molecule has 0 aromatic heterocycles. The van der Waals surface area contributed by atoms with Crippen molar-refractivity contribution in [2.45, 2.75) is 44.6 Å². The molecule has 0 spiro atoms. The van der Waals surface area contributed by atoms with Crippen molar-refractivity contribution in [3.63, 3.8) is 0 Å². The molecule has 1 atom stereocenters. The highest BCUT2D eigenvalue weighted by molar-refractivity contribution is 6.04. The molecule has 0 saturated heterocycles. The van der Waals surface area contributed by atoms with Gasteiger partial charge in [-0.05, 0) is 49.7 Å². The molecular weight excluding hydrogens is 294 g/mol. The number of carbonyl (C=O) groups excluding carboxylic acids is 1. The van der Waals surface area contributed by atoms with Crippen LogP contribution in [0.5, 0.6) is 0 Å². The third kappa shape index (κ3) is 3.39. The topological polar surface area (TPSA) is 75.6 Å². The fourth-order valence-electron chi connectivity index (χ4n) is 3.21. The molecule has 5 nitrogen and oxygen atoms in total. The molecule has 0 bridgehead atoms. The number of carboxylic acid groups (broad SMARTS) is 1. The lowest BCUT2D eigenvalue weighted by Crippen LogP contribution is -2.37. The first-order valence-corrected chi connectivity index (χ1v) is 8.34. The van der Waals surface area contributed by atoms with Crippen molar-refractivity contribution in [1.82, 2.24) is 5.32 Å². The first-order valence-electron chi connectivity index (χ1n) is 8.34. The van der Waals surface area contributed by atoms with Crippen LogP contribution in [0.1, 0.15) is 49.3 Å². The SMILES string of the molecule is O=C(O)C1(C(=O)NCCCOC2CCCc3ccccc32)CC1. The maximum absolute atomic E-state index is 11.9. The van der Waals surface area contributed by atoms with Crippen LogP contribution in [-0.4, -0.2) is 30.1 Å². The number of rotatable bonds is 7. The molecule has 0 radical (unpaired) electrons. The lowest BCUT2D eigenvalue weighted by Gasteiger charge is -2.25. The van der Waals surface area contributed by atoms with Crippen molar-refractivity contribution in [2.75, 3.05) is 13.2 Å². The summed E-state index contributed by atoms with van der Waals surface area (Å²) in [6, 6.07) is 8.39. The molecule has 1 unspecified atom stereocenters. The number of aryl methyl sites for hydroxylation is 1. The van der Waals surface area contributed by atoms with Crippen LogP contribution in [0.3, 0.4) is 0 Å². The lowest BCUT2D eigenvalue weighted by molar-refractivity contribution is -0.149. The van der Waals surface area contributed by atoms with Crippen molar-refractivity contribution in [2.24, 2.45) is 5.41 Å². The standard InChI is InChI=1S/C18H23NO4/c20-16(18(9-10-18)17(21)22)19-11-4-12-23-15-8-3-6-13-5-1-2-7-14(13)15/h1-2,5,7,15H,3-4,6,8-12H2,(H,19,20)(H,21,22). The Morgan fingerprint density at radius 1 is 1.30 bits per heavy atom. The van der Waals surface area contributed by atoms with E-state index in [0.717, 1.165) is 19.3 Å². The van der Waals surface area contributed by atoms with Crippen molar-refractivity contribution < 1.29 is 19.4 Å². The number of amides is 1. The van der Waals surface area contributed by atoms with E-state index in [0.29, 0.717) is 32.4 Å². The van der Waals surface area contributed by atoms with Crippen LogP contribution in [0.4, 0.5) is 0 Å². The summed E-state index contributed by atoms with van der Waals surface area (Å²) in [6.07, 6.45) is 5.02. The van der Waals surface area contributed by atoms with Gasteiger partial charge in [-0.2, -0.15) is 0 Å². The van der Waals surface area contributed by atoms with Gasteiger partial charge in [-0.1, -0.05) is 24.3 Å². The quantitative estimate of drug-likeness (QED) is 0.598. The van der Waals surface area contributed by atoms with Crippen LogP contribution in [-0.2, 0) is 20.7 Å². The number of carbonyl (C=O) groups is 2. The summed E-state index contributed by atoms with van der Waals surface area (Å²) in [4.78, 5) is 22.9. The van der Waals surface area contributed by atoms with Gasteiger partial charge in [-0.3, -0.25) is 9.59 Å². The summed E-state index contributed by atoms with van der Waals surface area (Å²) < 4.78 is 5.97. The molecule has 1 fully saturated rings. The van der Waals surface area contributed by atoms with E-state index in [9.17, 15) is 9.59 Å². The first-order chi connectivity index (χ1) is 11.1. The Hall–Kier alpha value is -1.88. The van der Waals surface area contributed by atoms with Crippen LogP contribution < -0.4 is 5.32 Å². The van der Waals surface area contributed by atoms with Gasteiger partial charge in [0.25, 0.3) is 0 Å². The van der Waals surface area contributed by atoms with E-state index in [-0.39, 0.29) is 12.0 Å². The van der Waals surface area contributed by atoms with Gasteiger partial charge in [0.15, 0.2) is 0 Å². The van der Waals surface area contributed by atoms with E-state index in [2.05, 4.69) is 23.5 Å². The summed E-state index contributed by atoms with van der Waals surface area (Å²) in [6.45, 7) is 1.03. The summed E-state index contributed by atoms with van der Waals surface area (Å²) in [5.41, 5.74) is 1.50. The van der Waals surface area contributed by atoms with Crippen LogP contribution in [0.15, 0.2) is 24.3 Å². The number of benzene rings is 1. The van der Waals surface area contributed by atoms with E-state index in [1.54, 1.807) is 0 Å². The van der Waals surface area contributed by atoms with Gasteiger partial charge in [0.1, 0.15) is 5.41 Å². The molecule has 0 aliphatic heterocycles. The molecule has 2 aliphatic rings. The van der Waals surface area contributed by atoms with Gasteiger partial charge in [0, 0.05) is 13.2 Å². The van der Waals surface area contributed by atoms with Gasteiger partial charge < -0.3 is 15.2 Å². The van der Waals surface area contributed by atoms with Crippen molar-refractivity contribution in [3.8, 4) is 0 Å². The van der Waals surface area contributed by atoms with Crippen molar-refractivity contribution in [1.29, 1.82) is 0 Å². The monoisotopic (exact) mass is 317 g/mol. The number of hydrogen-bond donors (Lipinski definition) is 2. The van der Waals surface area contributed by atoms with Gasteiger partial charge >= 0.3 is 5.97 Å². The number of carboxylic acids is 1. The zero-order chi connectivity index (χ0) is 16.3. The van der Waals surface area contributed by atoms with E-state index < -0.39 is 11.4 Å². The second kappa shape index (κ2) is 6.71. The maximum Gasteiger partial charge on any atom is 0.319 e. The Labute approximate surface area is 136 Å². The Bertz CT molecular complexity index is 594. The average Bonchev–Trinajstić information content (AvgIpc) is 3.36. The first kappa shape index (κ1) is 16.0. The number of fused-ring (bicyclic) bond motifs is 1. The molecular formula is C18H23NO4. The molecule has 124 valence electrons. The normalized spacial score (nSPS) is 21.3. The van der Waals surface area contributed by atoms with E-state index in [4.69, 9.17) is 9.84 Å². The second-order valence-electron chi connectivity index (χ2n) is 6.45. The minimum atomic E-state index is -1.15. The fraction of sp³-hybridized carbons (Fsp3) is 0.556. The van der Waals surface area contributed by atoms with E-state index >= 15 is 0 Å². The van der Waals surface area contributed by atoms with Crippen LogP contribution >= 0.6 is 0 Å². The highest BCUT2D eigenvalue weighted by Gasteiger charge is 2.56. The fourth-order valence-corrected chi connectivity index (χ4v) is 3.21. The molecule has 1 aromatic carbocycles. The molecule has 1 aromatic rings. The molecule has 1 saturated carbocycles. The van der Waals surface area contributed by atoms with Gasteiger partial charge in [-0.25, -0.2) is 0 Å².